The van der Waals surface area contributed by atoms with Gasteiger partial charge >= 0.3 is 0 Å². The Morgan fingerprint density at radius 3 is 2.75 bits per heavy atom. The van der Waals surface area contributed by atoms with E-state index in [2.05, 4.69) is 42.0 Å². The van der Waals surface area contributed by atoms with Crippen molar-refractivity contribution in [3.63, 3.8) is 0 Å². The lowest BCUT2D eigenvalue weighted by Crippen LogP contribution is -2.03. The summed E-state index contributed by atoms with van der Waals surface area (Å²) in [7, 11) is 0. The number of nitrogens with zero attached hydrogens (tertiary/aromatic N) is 1. The number of hydrogen-bond acceptors (Lipinski definition) is 2. The average molecular weight is 215 g/mol. The molecule has 2 aromatic rings. The monoisotopic (exact) mass is 215 g/mol. The summed E-state index contributed by atoms with van der Waals surface area (Å²) in [6, 6.07) is 6.42. The van der Waals surface area contributed by atoms with Gasteiger partial charge < -0.3 is 10.7 Å². The van der Waals surface area contributed by atoms with Gasteiger partial charge in [0.05, 0.1) is 11.9 Å². The first-order chi connectivity index (χ1) is 7.70. The molecule has 3 N–H and O–H groups in total. The number of aromatic amines is 1. The van der Waals surface area contributed by atoms with Crippen LogP contribution in [0.25, 0.3) is 11.3 Å². The van der Waals surface area contributed by atoms with Crippen LogP contribution in [0.4, 0.5) is 0 Å². The van der Waals surface area contributed by atoms with Gasteiger partial charge in [-0.05, 0) is 43.1 Å². The number of rotatable bonds is 3. The van der Waals surface area contributed by atoms with E-state index in [0.717, 1.165) is 17.9 Å². The van der Waals surface area contributed by atoms with E-state index in [1.165, 1.54) is 16.7 Å². The van der Waals surface area contributed by atoms with Crippen LogP contribution in [0, 0.1) is 13.8 Å². The van der Waals surface area contributed by atoms with Gasteiger partial charge in [-0.15, -0.1) is 0 Å². The minimum Gasteiger partial charge on any atom is -0.342 e. The third kappa shape index (κ3) is 2.14. The molecule has 0 aliphatic rings. The highest BCUT2D eigenvalue weighted by molar-refractivity contribution is 5.60. The first kappa shape index (κ1) is 10.9. The van der Waals surface area contributed by atoms with Crippen LogP contribution in [-0.4, -0.2) is 16.5 Å². The Morgan fingerprint density at radius 1 is 1.25 bits per heavy atom. The Kier molecular flexibility index (Phi) is 3.06. The smallest absolute Gasteiger partial charge is 0.107 e. The fourth-order valence-electron chi connectivity index (χ4n) is 1.68. The number of H-pyrrole nitrogens is 1. The summed E-state index contributed by atoms with van der Waals surface area (Å²) >= 11 is 0. The molecule has 2 rings (SSSR count). The van der Waals surface area contributed by atoms with Crippen molar-refractivity contribution in [1.29, 1.82) is 0 Å². The molecule has 0 radical (unpaired) electrons. The lowest BCUT2D eigenvalue weighted by molar-refractivity contribution is 0.895. The highest BCUT2D eigenvalue weighted by Crippen LogP contribution is 2.20. The van der Waals surface area contributed by atoms with Crippen molar-refractivity contribution in [1.82, 2.24) is 9.97 Å². The lowest BCUT2D eigenvalue weighted by atomic mass is 10.1. The summed E-state index contributed by atoms with van der Waals surface area (Å²) in [6.45, 7) is 4.86. The Bertz CT molecular complexity index is 486. The minimum atomic E-state index is 0.625. The molecule has 16 heavy (non-hydrogen) atoms. The number of aromatic nitrogens is 2. The zero-order valence-corrected chi connectivity index (χ0v) is 9.75. The maximum Gasteiger partial charge on any atom is 0.107 e. The molecule has 0 atom stereocenters. The van der Waals surface area contributed by atoms with Crippen molar-refractivity contribution >= 4 is 0 Å². The van der Waals surface area contributed by atoms with Gasteiger partial charge in [0.1, 0.15) is 5.82 Å². The highest BCUT2D eigenvalue weighted by atomic mass is 14.9. The van der Waals surface area contributed by atoms with E-state index >= 15 is 0 Å². The van der Waals surface area contributed by atoms with E-state index in [1.807, 2.05) is 6.20 Å². The molecule has 0 saturated carbocycles. The van der Waals surface area contributed by atoms with E-state index in [9.17, 15) is 0 Å². The zero-order chi connectivity index (χ0) is 11.5. The van der Waals surface area contributed by atoms with Crippen LogP contribution in [0.3, 0.4) is 0 Å². The summed E-state index contributed by atoms with van der Waals surface area (Å²) in [4.78, 5) is 7.58. The number of imidazole rings is 1. The van der Waals surface area contributed by atoms with E-state index < -0.39 is 0 Å². The second-order valence-corrected chi connectivity index (χ2v) is 4.08. The topological polar surface area (TPSA) is 54.7 Å². The van der Waals surface area contributed by atoms with Gasteiger partial charge in [0.25, 0.3) is 0 Å². The molecule has 0 unspecified atom stereocenters. The predicted molar refractivity (Wildman–Crippen MR) is 66.3 cm³/mol. The fourth-order valence-corrected chi connectivity index (χ4v) is 1.68. The summed E-state index contributed by atoms with van der Waals surface area (Å²) in [6.07, 6.45) is 2.67. The Labute approximate surface area is 95.7 Å². The molecule has 0 saturated heterocycles. The Hall–Kier alpha value is -1.61. The van der Waals surface area contributed by atoms with Crippen molar-refractivity contribution < 1.29 is 0 Å². The van der Waals surface area contributed by atoms with Crippen LogP contribution < -0.4 is 5.73 Å². The van der Waals surface area contributed by atoms with Gasteiger partial charge in [-0.2, -0.15) is 0 Å². The normalized spacial score (nSPS) is 10.7. The van der Waals surface area contributed by atoms with E-state index in [4.69, 9.17) is 5.73 Å². The summed E-state index contributed by atoms with van der Waals surface area (Å²) in [5.41, 5.74) is 10.3. The van der Waals surface area contributed by atoms with Gasteiger partial charge in [0.15, 0.2) is 0 Å². The van der Waals surface area contributed by atoms with Crippen molar-refractivity contribution in [3.05, 3.63) is 41.3 Å². The molecule has 0 spiro atoms. The van der Waals surface area contributed by atoms with Gasteiger partial charge in [-0.3, -0.25) is 0 Å². The standard InChI is InChI=1S/C13H17N3/c1-9-3-4-11(7-10(9)2)12-8-15-13(16-12)5-6-14/h3-4,7-8H,5-6,14H2,1-2H3,(H,15,16). The van der Waals surface area contributed by atoms with Crippen molar-refractivity contribution in [2.24, 2.45) is 5.73 Å². The van der Waals surface area contributed by atoms with Crippen LogP contribution in [-0.2, 0) is 6.42 Å². The fraction of sp³-hybridized carbons (Fsp3) is 0.308. The van der Waals surface area contributed by atoms with Gasteiger partial charge in [-0.25, -0.2) is 4.98 Å². The molecular formula is C13H17N3. The van der Waals surface area contributed by atoms with Crippen molar-refractivity contribution in [2.45, 2.75) is 20.3 Å². The van der Waals surface area contributed by atoms with Gasteiger partial charge in [-0.1, -0.05) is 12.1 Å². The number of benzene rings is 1. The van der Waals surface area contributed by atoms with E-state index in [1.54, 1.807) is 0 Å². The van der Waals surface area contributed by atoms with Crippen LogP contribution in [0.15, 0.2) is 24.4 Å². The van der Waals surface area contributed by atoms with Crippen molar-refractivity contribution in [3.8, 4) is 11.3 Å². The number of nitrogens with one attached hydrogen (secondary N) is 1. The van der Waals surface area contributed by atoms with Gasteiger partial charge in [0, 0.05) is 6.42 Å². The maximum absolute atomic E-state index is 5.49. The molecule has 1 aromatic carbocycles. The van der Waals surface area contributed by atoms with Crippen LogP contribution in [0.1, 0.15) is 17.0 Å². The summed E-state index contributed by atoms with van der Waals surface area (Å²) in [5, 5.41) is 0. The molecule has 0 amide bonds. The molecule has 3 nitrogen and oxygen atoms in total. The molecule has 3 heteroatoms. The first-order valence-electron chi connectivity index (χ1n) is 5.52. The highest BCUT2D eigenvalue weighted by Gasteiger charge is 2.03. The molecule has 0 fully saturated rings. The first-order valence-corrected chi connectivity index (χ1v) is 5.52. The zero-order valence-electron chi connectivity index (χ0n) is 9.75. The van der Waals surface area contributed by atoms with Crippen LogP contribution >= 0.6 is 0 Å². The Balaban J connectivity index is 2.31. The quantitative estimate of drug-likeness (QED) is 0.824. The van der Waals surface area contributed by atoms with Crippen LogP contribution in [0.5, 0.6) is 0 Å². The van der Waals surface area contributed by atoms with E-state index in [0.29, 0.717) is 6.54 Å². The number of hydrogen-bond donors (Lipinski definition) is 2. The SMILES string of the molecule is Cc1ccc(-c2cnc(CCN)[nH]2)cc1C. The summed E-state index contributed by atoms with van der Waals surface area (Å²) in [5.74, 6) is 0.954. The maximum atomic E-state index is 5.49. The third-order valence-electron chi connectivity index (χ3n) is 2.83. The molecule has 0 bridgehead atoms. The lowest BCUT2D eigenvalue weighted by Gasteiger charge is -2.02. The number of aryl methyl sites for hydroxylation is 2. The predicted octanol–water partition coefficient (Wildman–Crippen LogP) is 2.19. The molecule has 1 heterocycles. The average Bonchev–Trinajstić information content (AvgIpc) is 2.71. The van der Waals surface area contributed by atoms with E-state index in [-0.39, 0.29) is 0 Å². The summed E-state index contributed by atoms with van der Waals surface area (Å²) < 4.78 is 0. The Morgan fingerprint density at radius 2 is 2.06 bits per heavy atom. The molecular weight excluding hydrogens is 198 g/mol. The van der Waals surface area contributed by atoms with Crippen molar-refractivity contribution in [2.75, 3.05) is 6.54 Å². The van der Waals surface area contributed by atoms with Crippen LogP contribution in [0.2, 0.25) is 0 Å². The third-order valence-corrected chi connectivity index (χ3v) is 2.83. The largest absolute Gasteiger partial charge is 0.342 e. The minimum absolute atomic E-state index is 0.625. The second-order valence-electron chi connectivity index (χ2n) is 4.08. The molecule has 0 aliphatic carbocycles. The molecule has 1 aromatic heterocycles. The molecule has 0 aliphatic heterocycles. The second kappa shape index (κ2) is 4.49. The number of nitrogens with two attached hydrogens (primary N) is 1. The molecule has 84 valence electrons. The van der Waals surface area contributed by atoms with Gasteiger partial charge in [0.2, 0.25) is 0 Å².